The zero-order valence-electron chi connectivity index (χ0n) is 8.82. The summed E-state index contributed by atoms with van der Waals surface area (Å²) < 4.78 is 0. The van der Waals surface area contributed by atoms with Crippen LogP contribution in [-0.4, -0.2) is 9.97 Å². The maximum Gasteiger partial charge on any atom is 0.115 e. The van der Waals surface area contributed by atoms with Crippen LogP contribution in [-0.2, 0) is 6.54 Å². The Hall–Kier alpha value is -1.42. The van der Waals surface area contributed by atoms with Crippen LogP contribution in [0.4, 0.5) is 5.69 Å². The van der Waals surface area contributed by atoms with E-state index in [9.17, 15) is 0 Å². The molecule has 0 aliphatic heterocycles. The molecule has 0 amide bonds. The molecule has 4 heteroatoms. The Bertz CT molecular complexity index is 436. The van der Waals surface area contributed by atoms with Gasteiger partial charge in [0.2, 0.25) is 0 Å². The highest BCUT2D eigenvalue weighted by atomic mass is 32.1. The van der Waals surface area contributed by atoms with E-state index in [1.54, 1.807) is 12.4 Å². The fourth-order valence-corrected chi connectivity index (χ4v) is 2.39. The summed E-state index contributed by atoms with van der Waals surface area (Å²) in [6.07, 6.45) is 5.09. The summed E-state index contributed by atoms with van der Waals surface area (Å²) in [6, 6.07) is 2.22. The predicted octanol–water partition coefficient (Wildman–Crippen LogP) is 2.77. The van der Waals surface area contributed by atoms with Crippen LogP contribution in [0.15, 0.2) is 24.8 Å². The van der Waals surface area contributed by atoms with Gasteiger partial charge in [-0.2, -0.15) is 0 Å². The van der Waals surface area contributed by atoms with Crippen molar-refractivity contribution in [3.8, 4) is 0 Å². The van der Waals surface area contributed by atoms with E-state index in [-0.39, 0.29) is 0 Å². The minimum atomic E-state index is 0.837. The summed E-state index contributed by atoms with van der Waals surface area (Å²) in [5.41, 5.74) is 2.31. The molecule has 2 aromatic rings. The van der Waals surface area contributed by atoms with Gasteiger partial charge in [0, 0.05) is 16.3 Å². The molecule has 0 saturated carbocycles. The monoisotopic (exact) mass is 219 g/mol. The number of aryl methyl sites for hydroxylation is 2. The van der Waals surface area contributed by atoms with Crippen LogP contribution in [0.25, 0.3) is 0 Å². The van der Waals surface area contributed by atoms with Crippen molar-refractivity contribution >= 4 is 17.0 Å². The zero-order valence-corrected chi connectivity index (χ0v) is 9.64. The third kappa shape index (κ3) is 2.53. The molecule has 0 spiro atoms. The highest BCUT2D eigenvalue weighted by Gasteiger charge is 2.02. The lowest BCUT2D eigenvalue weighted by Crippen LogP contribution is -1.99. The average molecular weight is 219 g/mol. The van der Waals surface area contributed by atoms with Crippen molar-refractivity contribution in [2.24, 2.45) is 0 Å². The molecule has 2 heterocycles. The summed E-state index contributed by atoms with van der Waals surface area (Å²) in [5, 5.41) is 3.30. The van der Waals surface area contributed by atoms with Crippen molar-refractivity contribution in [1.29, 1.82) is 0 Å². The predicted molar refractivity (Wildman–Crippen MR) is 63.2 cm³/mol. The fourth-order valence-electron chi connectivity index (χ4n) is 1.45. The van der Waals surface area contributed by atoms with Gasteiger partial charge in [-0.25, -0.2) is 9.97 Å². The van der Waals surface area contributed by atoms with E-state index in [1.807, 2.05) is 11.3 Å². The molecule has 0 bridgehead atoms. The van der Waals surface area contributed by atoms with Gasteiger partial charge in [-0.3, -0.25) is 0 Å². The molecule has 0 saturated heterocycles. The van der Waals surface area contributed by atoms with Crippen molar-refractivity contribution in [2.75, 3.05) is 5.32 Å². The number of hydrogen-bond donors (Lipinski definition) is 1. The Labute approximate surface area is 93.2 Å². The average Bonchev–Trinajstić information content (AvgIpc) is 2.56. The third-order valence-electron chi connectivity index (χ3n) is 2.19. The highest BCUT2D eigenvalue weighted by Crippen LogP contribution is 2.21. The minimum Gasteiger partial charge on any atom is -0.378 e. The maximum atomic E-state index is 3.95. The van der Waals surface area contributed by atoms with E-state index in [4.69, 9.17) is 0 Å². The number of nitrogens with one attached hydrogen (secondary N) is 1. The van der Waals surface area contributed by atoms with E-state index in [0.29, 0.717) is 0 Å². The molecular weight excluding hydrogens is 206 g/mol. The molecule has 2 aromatic heterocycles. The summed E-state index contributed by atoms with van der Waals surface area (Å²) in [6.45, 7) is 5.12. The normalized spacial score (nSPS) is 10.3. The minimum absolute atomic E-state index is 0.837. The standard InChI is InChI=1S/C11H13N3S/c1-8-3-10(9(2)15-8)4-14-11-5-12-7-13-6-11/h3,5-7,14H,4H2,1-2H3. The second kappa shape index (κ2) is 4.40. The Morgan fingerprint density at radius 1 is 1.27 bits per heavy atom. The Balaban J connectivity index is 2.02. The quantitative estimate of drug-likeness (QED) is 0.862. The number of rotatable bonds is 3. The molecule has 0 aromatic carbocycles. The van der Waals surface area contributed by atoms with Crippen molar-refractivity contribution in [2.45, 2.75) is 20.4 Å². The first-order valence-electron chi connectivity index (χ1n) is 4.80. The smallest absolute Gasteiger partial charge is 0.115 e. The van der Waals surface area contributed by atoms with Crippen LogP contribution in [0, 0.1) is 13.8 Å². The van der Waals surface area contributed by atoms with Gasteiger partial charge in [-0.15, -0.1) is 11.3 Å². The van der Waals surface area contributed by atoms with E-state index in [1.165, 1.54) is 21.6 Å². The summed E-state index contributed by atoms with van der Waals surface area (Å²) in [5.74, 6) is 0. The van der Waals surface area contributed by atoms with Crippen molar-refractivity contribution < 1.29 is 0 Å². The molecule has 0 radical (unpaired) electrons. The van der Waals surface area contributed by atoms with Gasteiger partial charge < -0.3 is 5.32 Å². The Morgan fingerprint density at radius 3 is 2.60 bits per heavy atom. The second-order valence-corrected chi connectivity index (χ2v) is 4.88. The van der Waals surface area contributed by atoms with Crippen molar-refractivity contribution in [1.82, 2.24) is 9.97 Å². The van der Waals surface area contributed by atoms with Crippen LogP contribution in [0.5, 0.6) is 0 Å². The van der Waals surface area contributed by atoms with Crippen LogP contribution in [0.2, 0.25) is 0 Å². The lowest BCUT2D eigenvalue weighted by atomic mass is 10.2. The molecule has 2 rings (SSSR count). The van der Waals surface area contributed by atoms with Gasteiger partial charge in [0.15, 0.2) is 0 Å². The van der Waals surface area contributed by atoms with E-state index in [0.717, 1.165) is 12.2 Å². The first-order valence-corrected chi connectivity index (χ1v) is 5.62. The largest absolute Gasteiger partial charge is 0.378 e. The summed E-state index contributed by atoms with van der Waals surface area (Å²) >= 11 is 1.83. The molecule has 0 fully saturated rings. The number of anilines is 1. The van der Waals surface area contributed by atoms with Gasteiger partial charge >= 0.3 is 0 Å². The second-order valence-electron chi connectivity index (χ2n) is 3.42. The molecule has 0 aliphatic carbocycles. The van der Waals surface area contributed by atoms with Crippen molar-refractivity contribution in [3.05, 3.63) is 40.1 Å². The number of thiophene rings is 1. The SMILES string of the molecule is Cc1cc(CNc2cncnc2)c(C)s1. The molecule has 15 heavy (non-hydrogen) atoms. The lowest BCUT2D eigenvalue weighted by Gasteiger charge is -2.04. The fraction of sp³-hybridized carbons (Fsp3) is 0.273. The molecule has 0 unspecified atom stereocenters. The van der Waals surface area contributed by atoms with Gasteiger partial charge in [0.1, 0.15) is 6.33 Å². The topological polar surface area (TPSA) is 37.8 Å². The maximum absolute atomic E-state index is 3.95. The summed E-state index contributed by atoms with van der Waals surface area (Å²) in [4.78, 5) is 10.6. The molecular formula is C11H13N3S. The highest BCUT2D eigenvalue weighted by molar-refractivity contribution is 7.12. The lowest BCUT2D eigenvalue weighted by molar-refractivity contribution is 1.10. The summed E-state index contributed by atoms with van der Waals surface area (Å²) in [7, 11) is 0. The zero-order chi connectivity index (χ0) is 10.7. The van der Waals surface area contributed by atoms with E-state index in [2.05, 4.69) is 35.2 Å². The van der Waals surface area contributed by atoms with Gasteiger partial charge in [0.05, 0.1) is 18.1 Å². The van der Waals surface area contributed by atoms with Crippen molar-refractivity contribution in [3.63, 3.8) is 0 Å². The third-order valence-corrected chi connectivity index (χ3v) is 3.20. The van der Waals surface area contributed by atoms with Gasteiger partial charge in [-0.05, 0) is 25.5 Å². The van der Waals surface area contributed by atoms with Crippen LogP contribution >= 0.6 is 11.3 Å². The van der Waals surface area contributed by atoms with E-state index >= 15 is 0 Å². The Kier molecular flexibility index (Phi) is 2.97. The first-order chi connectivity index (χ1) is 7.25. The first kappa shape index (κ1) is 10.1. The number of hydrogen-bond acceptors (Lipinski definition) is 4. The molecule has 1 N–H and O–H groups in total. The van der Waals surface area contributed by atoms with E-state index < -0.39 is 0 Å². The van der Waals surface area contributed by atoms with Crippen LogP contribution in [0.3, 0.4) is 0 Å². The van der Waals surface area contributed by atoms with Crippen LogP contribution in [0.1, 0.15) is 15.3 Å². The number of nitrogens with zero attached hydrogens (tertiary/aromatic N) is 2. The molecule has 0 aliphatic rings. The van der Waals surface area contributed by atoms with Crippen LogP contribution < -0.4 is 5.32 Å². The Morgan fingerprint density at radius 2 is 2.00 bits per heavy atom. The molecule has 3 nitrogen and oxygen atoms in total. The molecule has 0 atom stereocenters. The van der Waals surface area contributed by atoms with Gasteiger partial charge in [-0.1, -0.05) is 0 Å². The molecule has 78 valence electrons. The van der Waals surface area contributed by atoms with Gasteiger partial charge in [0.25, 0.3) is 0 Å². The number of aromatic nitrogens is 2.